The number of hydrogen-bond acceptors (Lipinski definition) is 6. The maximum atomic E-state index is 8.92. The molecule has 1 aliphatic rings. The van der Waals surface area contributed by atoms with Gasteiger partial charge in [0.25, 0.3) is 0 Å². The fourth-order valence-electron chi connectivity index (χ4n) is 4.53. The number of nitriles is 1. The molecule has 1 saturated heterocycles. The van der Waals surface area contributed by atoms with Crippen LogP contribution in [0.15, 0.2) is 66.9 Å². The van der Waals surface area contributed by atoms with Gasteiger partial charge in [0.1, 0.15) is 23.4 Å². The maximum absolute atomic E-state index is 8.92. The average molecular weight is 435 g/mol. The van der Waals surface area contributed by atoms with E-state index in [4.69, 9.17) is 10.2 Å². The lowest BCUT2D eigenvalue weighted by Gasteiger charge is -2.32. The van der Waals surface area contributed by atoms with Crippen molar-refractivity contribution in [3.05, 3.63) is 89.6 Å². The number of pyridine rings is 1. The fourth-order valence-corrected chi connectivity index (χ4v) is 4.53. The predicted molar refractivity (Wildman–Crippen MR) is 130 cm³/mol. The summed E-state index contributed by atoms with van der Waals surface area (Å²) in [7, 11) is 0. The van der Waals surface area contributed by atoms with Gasteiger partial charge in [0.05, 0.1) is 11.9 Å². The van der Waals surface area contributed by atoms with Crippen molar-refractivity contribution >= 4 is 22.3 Å². The van der Waals surface area contributed by atoms with E-state index in [-0.39, 0.29) is 0 Å². The van der Waals surface area contributed by atoms with Crippen LogP contribution in [0.25, 0.3) is 10.8 Å². The largest absolute Gasteiger partial charge is 0.339 e. The highest BCUT2D eigenvalue weighted by molar-refractivity contribution is 5.82. The second-order valence-corrected chi connectivity index (χ2v) is 8.63. The number of benzene rings is 2. The minimum atomic E-state index is 0.399. The highest BCUT2D eigenvalue weighted by Crippen LogP contribution is 2.29. The Morgan fingerprint density at radius 1 is 1.00 bits per heavy atom. The molecule has 4 aromatic rings. The molecule has 0 saturated carbocycles. The summed E-state index contributed by atoms with van der Waals surface area (Å²) in [6.07, 6.45) is 3.82. The number of anilines is 2. The molecule has 1 N–H and O–H groups in total. The first-order valence-corrected chi connectivity index (χ1v) is 11.3. The van der Waals surface area contributed by atoms with Crippen molar-refractivity contribution in [3.8, 4) is 6.07 Å². The predicted octanol–water partition coefficient (Wildman–Crippen LogP) is 5.33. The highest BCUT2D eigenvalue weighted by Gasteiger charge is 2.22. The van der Waals surface area contributed by atoms with Crippen LogP contribution in [0.3, 0.4) is 0 Å². The van der Waals surface area contributed by atoms with Gasteiger partial charge in [0.15, 0.2) is 0 Å². The number of piperidine rings is 1. The summed E-state index contributed by atoms with van der Waals surface area (Å²) in [6, 6.07) is 22.9. The molecule has 5 rings (SSSR count). The normalized spacial score (nSPS) is 14.8. The summed E-state index contributed by atoms with van der Waals surface area (Å²) in [4.78, 5) is 15.9. The minimum absolute atomic E-state index is 0.399. The third-order valence-electron chi connectivity index (χ3n) is 6.23. The van der Waals surface area contributed by atoms with Crippen LogP contribution in [0.4, 0.5) is 11.5 Å². The van der Waals surface area contributed by atoms with Gasteiger partial charge in [-0.25, -0.2) is 15.0 Å². The molecule has 164 valence electrons. The number of aryl methyl sites for hydroxylation is 1. The van der Waals surface area contributed by atoms with Gasteiger partial charge >= 0.3 is 0 Å². The molecular formula is C27H26N6. The second-order valence-electron chi connectivity index (χ2n) is 8.63. The molecule has 0 amide bonds. The van der Waals surface area contributed by atoms with Crippen LogP contribution in [0.2, 0.25) is 0 Å². The van der Waals surface area contributed by atoms with Gasteiger partial charge < -0.3 is 5.32 Å². The third kappa shape index (κ3) is 5.00. The first kappa shape index (κ1) is 21.0. The van der Waals surface area contributed by atoms with E-state index in [1.165, 1.54) is 16.3 Å². The summed E-state index contributed by atoms with van der Waals surface area (Å²) in [5.41, 5.74) is 3.67. The lowest BCUT2D eigenvalue weighted by molar-refractivity contribution is 0.203. The van der Waals surface area contributed by atoms with Gasteiger partial charge in [0, 0.05) is 24.2 Å². The topological polar surface area (TPSA) is 77.7 Å². The number of aromatic nitrogens is 3. The van der Waals surface area contributed by atoms with Crippen LogP contribution in [-0.2, 0) is 6.54 Å². The Morgan fingerprint density at radius 2 is 1.82 bits per heavy atom. The number of fused-ring (bicyclic) bond motifs is 1. The minimum Gasteiger partial charge on any atom is -0.339 e. The molecule has 0 atom stereocenters. The van der Waals surface area contributed by atoms with E-state index in [1.807, 2.05) is 19.1 Å². The Bertz CT molecular complexity index is 1300. The van der Waals surface area contributed by atoms with E-state index in [0.29, 0.717) is 11.6 Å². The zero-order valence-corrected chi connectivity index (χ0v) is 18.7. The maximum Gasteiger partial charge on any atom is 0.140 e. The Balaban J connectivity index is 1.23. The fraction of sp³-hybridized carbons (Fsp3) is 0.259. The van der Waals surface area contributed by atoms with Gasteiger partial charge in [-0.3, -0.25) is 4.90 Å². The molecule has 1 aliphatic heterocycles. The van der Waals surface area contributed by atoms with Crippen molar-refractivity contribution in [1.29, 1.82) is 5.26 Å². The van der Waals surface area contributed by atoms with Crippen LogP contribution in [-0.4, -0.2) is 32.9 Å². The smallest absolute Gasteiger partial charge is 0.140 e. The molecule has 1 fully saturated rings. The van der Waals surface area contributed by atoms with Gasteiger partial charge in [-0.15, -0.1) is 0 Å². The van der Waals surface area contributed by atoms with E-state index in [2.05, 4.69) is 68.7 Å². The molecule has 3 heterocycles. The molecule has 6 heteroatoms. The molecule has 0 unspecified atom stereocenters. The molecule has 6 nitrogen and oxygen atoms in total. The molecule has 0 radical (unpaired) electrons. The van der Waals surface area contributed by atoms with Crippen molar-refractivity contribution in [2.45, 2.75) is 32.2 Å². The number of nitrogens with zero attached hydrogens (tertiary/aromatic N) is 5. The van der Waals surface area contributed by atoms with E-state index >= 15 is 0 Å². The summed E-state index contributed by atoms with van der Waals surface area (Å²) in [5.74, 6) is 1.96. The van der Waals surface area contributed by atoms with Crippen LogP contribution >= 0.6 is 0 Å². The average Bonchev–Trinajstić information content (AvgIpc) is 2.84. The standard InChI is InChI=1S/C27H26N6/c1-19-30-26(15-27(31-19)32-25-9-8-24(16-28)29-17-25)22-10-12-33(13-11-22)18-20-6-7-21-4-2-3-5-23(21)14-20/h2-9,14-15,17,22H,10-13,18H2,1H3,(H,30,31,32). The van der Waals surface area contributed by atoms with Crippen molar-refractivity contribution in [2.75, 3.05) is 18.4 Å². The quantitative estimate of drug-likeness (QED) is 0.458. The SMILES string of the molecule is Cc1nc(Nc2ccc(C#N)nc2)cc(C2CCN(Cc3ccc4ccccc4c3)CC2)n1. The number of hydrogen-bond donors (Lipinski definition) is 1. The van der Waals surface area contributed by atoms with Gasteiger partial charge in [-0.05, 0) is 67.4 Å². The van der Waals surface area contributed by atoms with Crippen LogP contribution in [0.1, 0.15) is 41.5 Å². The van der Waals surface area contributed by atoms with Gasteiger partial charge in [-0.1, -0.05) is 36.4 Å². The third-order valence-corrected chi connectivity index (χ3v) is 6.23. The summed E-state index contributed by atoms with van der Waals surface area (Å²) < 4.78 is 0. The zero-order valence-electron chi connectivity index (χ0n) is 18.7. The molecule has 2 aromatic carbocycles. The summed E-state index contributed by atoms with van der Waals surface area (Å²) >= 11 is 0. The molecule has 2 aromatic heterocycles. The first-order valence-electron chi connectivity index (χ1n) is 11.3. The molecule has 0 bridgehead atoms. The number of nitrogens with one attached hydrogen (secondary N) is 1. The van der Waals surface area contributed by atoms with Gasteiger partial charge in [-0.2, -0.15) is 5.26 Å². The number of rotatable bonds is 5. The summed E-state index contributed by atoms with van der Waals surface area (Å²) in [5, 5.41) is 14.8. The number of likely N-dealkylation sites (tertiary alicyclic amines) is 1. The van der Waals surface area contributed by atoms with Crippen molar-refractivity contribution < 1.29 is 0 Å². The monoisotopic (exact) mass is 434 g/mol. The molecular weight excluding hydrogens is 408 g/mol. The van der Waals surface area contributed by atoms with Gasteiger partial charge in [0.2, 0.25) is 0 Å². The van der Waals surface area contributed by atoms with E-state index in [1.54, 1.807) is 12.3 Å². The van der Waals surface area contributed by atoms with E-state index in [0.717, 1.165) is 55.5 Å². The lowest BCUT2D eigenvalue weighted by atomic mass is 9.92. The Morgan fingerprint density at radius 3 is 2.58 bits per heavy atom. The van der Waals surface area contributed by atoms with Crippen LogP contribution < -0.4 is 5.32 Å². The van der Waals surface area contributed by atoms with Crippen LogP contribution in [0.5, 0.6) is 0 Å². The second kappa shape index (κ2) is 9.35. The molecule has 33 heavy (non-hydrogen) atoms. The summed E-state index contributed by atoms with van der Waals surface area (Å²) in [6.45, 7) is 5.03. The van der Waals surface area contributed by atoms with Crippen LogP contribution in [0, 0.1) is 18.3 Å². The van der Waals surface area contributed by atoms with E-state index in [9.17, 15) is 0 Å². The zero-order chi connectivity index (χ0) is 22.6. The highest BCUT2D eigenvalue weighted by atomic mass is 15.1. The Hall–Kier alpha value is -3.82. The first-order chi connectivity index (χ1) is 16.2. The van der Waals surface area contributed by atoms with Crippen molar-refractivity contribution in [3.63, 3.8) is 0 Å². The van der Waals surface area contributed by atoms with Crippen molar-refractivity contribution in [2.24, 2.45) is 0 Å². The van der Waals surface area contributed by atoms with E-state index < -0.39 is 0 Å². The molecule has 0 aliphatic carbocycles. The Kier molecular flexibility index (Phi) is 5.97. The Labute approximate surface area is 194 Å². The lowest BCUT2D eigenvalue weighted by Crippen LogP contribution is -2.32. The van der Waals surface area contributed by atoms with Crippen molar-refractivity contribution in [1.82, 2.24) is 19.9 Å². The molecule has 0 spiro atoms.